The number of aromatic nitrogens is 2. The zero-order valence-corrected chi connectivity index (χ0v) is 15.0. The standard InChI is InChI=1S/C20H21N3O4/c1-26-18-4-2-3-13-9-15(11-27-19(13)18)22-20(25)14-5-6-17-16(10-14)21-12-23(17)7-8-24/h2-6,10,12,15,24H,7-9,11H2,1H3,(H,22,25)/t15-/m0/s1. The van der Waals surface area contributed by atoms with Crippen molar-refractivity contribution in [2.45, 2.75) is 19.0 Å². The summed E-state index contributed by atoms with van der Waals surface area (Å²) in [5.74, 6) is 1.30. The molecule has 140 valence electrons. The lowest BCUT2D eigenvalue weighted by Crippen LogP contribution is -2.42. The van der Waals surface area contributed by atoms with Crippen molar-refractivity contribution in [3.8, 4) is 11.5 Å². The molecule has 0 saturated carbocycles. The van der Waals surface area contributed by atoms with E-state index in [4.69, 9.17) is 14.6 Å². The molecular weight excluding hydrogens is 346 g/mol. The van der Waals surface area contributed by atoms with Gasteiger partial charge in [-0.05, 0) is 30.7 Å². The monoisotopic (exact) mass is 367 g/mol. The molecule has 0 saturated heterocycles. The van der Waals surface area contributed by atoms with Crippen LogP contribution >= 0.6 is 0 Å². The second kappa shape index (κ2) is 7.28. The number of fused-ring (bicyclic) bond motifs is 2. The second-order valence-corrected chi connectivity index (χ2v) is 6.50. The fraction of sp³-hybridized carbons (Fsp3) is 0.300. The lowest BCUT2D eigenvalue weighted by atomic mass is 10.0. The van der Waals surface area contributed by atoms with E-state index < -0.39 is 0 Å². The molecule has 2 aromatic carbocycles. The molecular formula is C20H21N3O4. The molecule has 27 heavy (non-hydrogen) atoms. The summed E-state index contributed by atoms with van der Waals surface area (Å²) >= 11 is 0. The molecule has 7 heteroatoms. The number of hydrogen-bond donors (Lipinski definition) is 2. The summed E-state index contributed by atoms with van der Waals surface area (Å²) in [6.07, 6.45) is 2.35. The summed E-state index contributed by atoms with van der Waals surface area (Å²) < 4.78 is 13.0. The van der Waals surface area contributed by atoms with E-state index in [1.54, 1.807) is 25.6 Å². The molecule has 1 atom stereocenters. The highest BCUT2D eigenvalue weighted by atomic mass is 16.5. The molecule has 4 rings (SSSR count). The van der Waals surface area contributed by atoms with E-state index in [2.05, 4.69) is 10.3 Å². The Morgan fingerprint density at radius 1 is 1.41 bits per heavy atom. The van der Waals surface area contributed by atoms with E-state index >= 15 is 0 Å². The average Bonchev–Trinajstić information content (AvgIpc) is 3.09. The minimum Gasteiger partial charge on any atom is -0.493 e. The summed E-state index contributed by atoms with van der Waals surface area (Å²) in [5.41, 5.74) is 3.19. The number of methoxy groups -OCH3 is 1. The molecule has 2 heterocycles. The first-order chi connectivity index (χ1) is 13.2. The quantitative estimate of drug-likeness (QED) is 0.718. The van der Waals surface area contributed by atoms with Crippen LogP contribution in [0.3, 0.4) is 0 Å². The fourth-order valence-corrected chi connectivity index (χ4v) is 3.41. The lowest BCUT2D eigenvalue weighted by Gasteiger charge is -2.27. The Morgan fingerprint density at radius 2 is 2.30 bits per heavy atom. The predicted octanol–water partition coefficient (Wildman–Crippen LogP) is 1.77. The summed E-state index contributed by atoms with van der Waals surface area (Å²) in [6.45, 7) is 0.915. The summed E-state index contributed by atoms with van der Waals surface area (Å²) in [4.78, 5) is 17.0. The Labute approximate surface area is 156 Å². The molecule has 0 spiro atoms. The number of aliphatic hydroxyl groups excluding tert-OH is 1. The number of amides is 1. The van der Waals surface area contributed by atoms with Gasteiger partial charge in [-0.25, -0.2) is 4.98 Å². The maximum Gasteiger partial charge on any atom is 0.251 e. The molecule has 2 N–H and O–H groups in total. The summed E-state index contributed by atoms with van der Waals surface area (Å²) in [5, 5.41) is 12.1. The lowest BCUT2D eigenvalue weighted by molar-refractivity contribution is 0.0914. The number of aliphatic hydroxyl groups is 1. The SMILES string of the molecule is COc1cccc2c1OC[C@@H](NC(=O)c1ccc3c(c1)ncn3CCO)C2. The van der Waals surface area contributed by atoms with Crippen molar-refractivity contribution in [1.29, 1.82) is 0 Å². The van der Waals surface area contributed by atoms with Gasteiger partial charge in [-0.2, -0.15) is 0 Å². The van der Waals surface area contributed by atoms with Crippen LogP contribution in [0.15, 0.2) is 42.7 Å². The molecule has 0 fully saturated rings. The maximum atomic E-state index is 12.7. The topological polar surface area (TPSA) is 85.6 Å². The number of carbonyl (C=O) groups is 1. The molecule has 7 nitrogen and oxygen atoms in total. The van der Waals surface area contributed by atoms with Crippen LogP contribution in [-0.2, 0) is 13.0 Å². The van der Waals surface area contributed by atoms with Gasteiger partial charge in [0.2, 0.25) is 0 Å². The van der Waals surface area contributed by atoms with Crippen LogP contribution in [0.1, 0.15) is 15.9 Å². The van der Waals surface area contributed by atoms with Crippen LogP contribution in [0.5, 0.6) is 11.5 Å². The Morgan fingerprint density at radius 3 is 3.11 bits per heavy atom. The van der Waals surface area contributed by atoms with Crippen LogP contribution in [0, 0.1) is 0 Å². The first kappa shape index (κ1) is 17.4. The van der Waals surface area contributed by atoms with Gasteiger partial charge in [0.05, 0.1) is 37.1 Å². The molecule has 0 aliphatic carbocycles. The van der Waals surface area contributed by atoms with Crippen LogP contribution < -0.4 is 14.8 Å². The predicted molar refractivity (Wildman–Crippen MR) is 100 cm³/mol. The van der Waals surface area contributed by atoms with Crippen molar-refractivity contribution < 1.29 is 19.4 Å². The zero-order chi connectivity index (χ0) is 18.8. The Kier molecular flexibility index (Phi) is 4.68. The summed E-state index contributed by atoms with van der Waals surface area (Å²) in [6, 6.07) is 11.0. The van der Waals surface area contributed by atoms with Crippen molar-refractivity contribution in [2.75, 3.05) is 20.3 Å². The van der Waals surface area contributed by atoms with Crippen LogP contribution in [-0.4, -0.2) is 46.9 Å². The third-order valence-corrected chi connectivity index (χ3v) is 4.73. The van der Waals surface area contributed by atoms with Gasteiger partial charge < -0.3 is 24.5 Å². The smallest absolute Gasteiger partial charge is 0.251 e. The highest BCUT2D eigenvalue weighted by molar-refractivity contribution is 5.97. The van der Waals surface area contributed by atoms with Gasteiger partial charge in [0.1, 0.15) is 6.61 Å². The first-order valence-electron chi connectivity index (χ1n) is 8.85. The number of nitrogens with one attached hydrogen (secondary N) is 1. The van der Waals surface area contributed by atoms with Crippen molar-refractivity contribution in [2.24, 2.45) is 0 Å². The molecule has 1 aromatic heterocycles. The fourth-order valence-electron chi connectivity index (χ4n) is 3.41. The van der Waals surface area contributed by atoms with Crippen LogP contribution in [0.2, 0.25) is 0 Å². The van der Waals surface area contributed by atoms with Gasteiger partial charge in [-0.1, -0.05) is 12.1 Å². The molecule has 0 bridgehead atoms. The molecule has 3 aromatic rings. The van der Waals surface area contributed by atoms with Crippen molar-refractivity contribution in [1.82, 2.24) is 14.9 Å². The minimum absolute atomic E-state index is 0.0433. The molecule has 1 amide bonds. The third-order valence-electron chi connectivity index (χ3n) is 4.73. The largest absolute Gasteiger partial charge is 0.493 e. The van der Waals surface area contributed by atoms with Gasteiger partial charge in [0.25, 0.3) is 5.91 Å². The number of carbonyl (C=O) groups excluding carboxylic acids is 1. The van der Waals surface area contributed by atoms with E-state index in [-0.39, 0.29) is 18.6 Å². The number of benzene rings is 2. The number of hydrogen-bond acceptors (Lipinski definition) is 5. The number of rotatable bonds is 5. The maximum absolute atomic E-state index is 12.7. The van der Waals surface area contributed by atoms with E-state index in [1.807, 2.05) is 28.8 Å². The zero-order valence-electron chi connectivity index (χ0n) is 15.0. The molecule has 0 radical (unpaired) electrons. The highest BCUT2D eigenvalue weighted by Gasteiger charge is 2.24. The number of para-hydroxylation sites is 1. The molecule has 1 aliphatic rings. The third kappa shape index (κ3) is 3.33. The highest BCUT2D eigenvalue weighted by Crippen LogP contribution is 2.34. The van der Waals surface area contributed by atoms with Crippen molar-refractivity contribution in [3.05, 3.63) is 53.9 Å². The van der Waals surface area contributed by atoms with E-state index in [9.17, 15) is 4.79 Å². The summed E-state index contributed by atoms with van der Waals surface area (Å²) in [7, 11) is 1.62. The number of imidazole rings is 1. The van der Waals surface area contributed by atoms with Crippen molar-refractivity contribution in [3.63, 3.8) is 0 Å². The Hall–Kier alpha value is -3.06. The average molecular weight is 367 g/mol. The number of nitrogens with zero attached hydrogens (tertiary/aromatic N) is 2. The van der Waals surface area contributed by atoms with Gasteiger partial charge in [-0.3, -0.25) is 4.79 Å². The van der Waals surface area contributed by atoms with Gasteiger partial charge in [0.15, 0.2) is 11.5 Å². The first-order valence-corrected chi connectivity index (χ1v) is 8.85. The van der Waals surface area contributed by atoms with Gasteiger partial charge in [-0.15, -0.1) is 0 Å². The molecule has 0 unspecified atom stereocenters. The molecule has 1 aliphatic heterocycles. The van der Waals surface area contributed by atoms with Crippen LogP contribution in [0.4, 0.5) is 0 Å². The Bertz CT molecular complexity index is 983. The van der Waals surface area contributed by atoms with Gasteiger partial charge >= 0.3 is 0 Å². The van der Waals surface area contributed by atoms with Gasteiger partial charge in [0, 0.05) is 17.7 Å². The van der Waals surface area contributed by atoms with Crippen molar-refractivity contribution >= 4 is 16.9 Å². The normalized spacial score (nSPS) is 15.9. The van der Waals surface area contributed by atoms with Crippen LogP contribution in [0.25, 0.3) is 11.0 Å². The van der Waals surface area contributed by atoms with E-state index in [0.29, 0.717) is 30.9 Å². The Balaban J connectivity index is 1.48. The van der Waals surface area contributed by atoms with E-state index in [1.165, 1.54) is 0 Å². The number of ether oxygens (including phenoxy) is 2. The van der Waals surface area contributed by atoms with E-state index in [0.717, 1.165) is 22.3 Å². The second-order valence-electron chi connectivity index (χ2n) is 6.50. The minimum atomic E-state index is -0.159.